The molecule has 0 bridgehead atoms. The number of hydrogen-bond donors (Lipinski definition) is 2. The molecule has 130 valence electrons. The molecule has 1 saturated heterocycles. The highest BCUT2D eigenvalue weighted by molar-refractivity contribution is 5.96. The normalized spacial score (nSPS) is 49.8. The number of ether oxygens (including phenoxy) is 1. The van der Waals surface area contributed by atoms with E-state index in [2.05, 4.69) is 6.58 Å². The van der Waals surface area contributed by atoms with Crippen LogP contribution in [0, 0.1) is 29.6 Å². The largest absolute Gasteiger partial charge is 0.462 e. The first-order valence-corrected chi connectivity index (χ1v) is 8.72. The predicted molar refractivity (Wildman–Crippen MR) is 85.7 cm³/mol. The monoisotopic (exact) mass is 332 g/mol. The number of ketones is 1. The lowest BCUT2D eigenvalue weighted by atomic mass is 9.66. The Labute approximate surface area is 141 Å². The minimum Gasteiger partial charge on any atom is -0.462 e. The maximum Gasteiger partial charge on any atom is 0.310 e. The molecule has 4 aliphatic rings. The lowest BCUT2D eigenvalue weighted by Crippen LogP contribution is -2.41. The number of rotatable bonds is 1. The van der Waals surface area contributed by atoms with Crippen LogP contribution in [-0.2, 0) is 14.3 Å². The van der Waals surface area contributed by atoms with E-state index in [4.69, 9.17) is 4.74 Å². The van der Waals surface area contributed by atoms with Crippen molar-refractivity contribution in [2.45, 2.75) is 50.9 Å². The van der Waals surface area contributed by atoms with Crippen LogP contribution in [-0.4, -0.2) is 39.8 Å². The van der Waals surface area contributed by atoms with E-state index >= 15 is 0 Å². The van der Waals surface area contributed by atoms with Gasteiger partial charge < -0.3 is 14.9 Å². The van der Waals surface area contributed by atoms with Gasteiger partial charge in [-0.3, -0.25) is 9.59 Å². The van der Waals surface area contributed by atoms with E-state index in [0.717, 1.165) is 5.57 Å². The first kappa shape index (κ1) is 16.0. The summed E-state index contributed by atoms with van der Waals surface area (Å²) >= 11 is 0. The Kier molecular flexibility index (Phi) is 3.35. The second-order valence-electron chi connectivity index (χ2n) is 8.30. The summed E-state index contributed by atoms with van der Waals surface area (Å²) in [5, 5.41) is 21.3. The fourth-order valence-corrected chi connectivity index (χ4v) is 5.58. The highest BCUT2D eigenvalue weighted by atomic mass is 16.6. The molecule has 3 fully saturated rings. The van der Waals surface area contributed by atoms with Gasteiger partial charge in [-0.15, -0.1) is 0 Å². The van der Waals surface area contributed by atoms with Crippen LogP contribution >= 0.6 is 0 Å². The number of hydrogen-bond acceptors (Lipinski definition) is 5. The van der Waals surface area contributed by atoms with Crippen LogP contribution in [0.1, 0.15) is 33.1 Å². The van der Waals surface area contributed by atoms with Crippen molar-refractivity contribution in [2.24, 2.45) is 29.6 Å². The highest BCUT2D eigenvalue weighted by Gasteiger charge is 2.65. The summed E-state index contributed by atoms with van der Waals surface area (Å²) in [7, 11) is 0. The Bertz CT molecular complexity index is 661. The molecule has 8 atom stereocenters. The topological polar surface area (TPSA) is 83.8 Å². The standard InChI is InChI=1S/C19H24O5/c1-8(2)9-4-11-10(12(20)5-9)6-13(21)17-16-14(7-19(17,3)23)24-18(22)15(11)16/h6,9,11-12,14-17,20,23H,1,4-5,7H2,2-3H3. The van der Waals surface area contributed by atoms with Crippen LogP contribution in [0.2, 0.25) is 0 Å². The van der Waals surface area contributed by atoms with Gasteiger partial charge >= 0.3 is 5.97 Å². The van der Waals surface area contributed by atoms with E-state index in [1.165, 1.54) is 6.08 Å². The van der Waals surface area contributed by atoms with Crippen molar-refractivity contribution in [3.8, 4) is 0 Å². The first-order chi connectivity index (χ1) is 11.2. The molecule has 0 aromatic heterocycles. The van der Waals surface area contributed by atoms with E-state index in [0.29, 0.717) is 24.8 Å². The summed E-state index contributed by atoms with van der Waals surface area (Å²) in [6, 6.07) is 0. The second-order valence-corrected chi connectivity index (χ2v) is 8.30. The summed E-state index contributed by atoms with van der Waals surface area (Å²) in [4.78, 5) is 25.4. The van der Waals surface area contributed by atoms with Crippen LogP contribution in [0.25, 0.3) is 0 Å². The minimum atomic E-state index is -1.17. The Morgan fingerprint density at radius 3 is 2.75 bits per heavy atom. The third kappa shape index (κ3) is 2.07. The third-order valence-corrected chi connectivity index (χ3v) is 6.66. The van der Waals surface area contributed by atoms with E-state index < -0.39 is 29.6 Å². The van der Waals surface area contributed by atoms with Crippen molar-refractivity contribution in [1.29, 1.82) is 0 Å². The SMILES string of the molecule is C=C(C)C1CC(O)C2=CC(=O)C3C4C(CC3(C)O)OC(=O)C4C2C1. The first-order valence-electron chi connectivity index (χ1n) is 8.72. The Morgan fingerprint density at radius 2 is 2.08 bits per heavy atom. The van der Waals surface area contributed by atoms with E-state index in [9.17, 15) is 19.8 Å². The summed E-state index contributed by atoms with van der Waals surface area (Å²) in [6.45, 7) is 7.59. The zero-order valence-corrected chi connectivity index (χ0v) is 14.1. The molecule has 0 aromatic rings. The maximum atomic E-state index is 12.8. The van der Waals surface area contributed by atoms with Crippen LogP contribution < -0.4 is 0 Å². The molecule has 1 aliphatic heterocycles. The van der Waals surface area contributed by atoms with E-state index in [1.54, 1.807) is 6.92 Å². The Hall–Kier alpha value is -1.46. The van der Waals surface area contributed by atoms with Crippen LogP contribution in [0.5, 0.6) is 0 Å². The summed E-state index contributed by atoms with van der Waals surface area (Å²) in [5.41, 5.74) is 0.459. The van der Waals surface area contributed by atoms with E-state index in [1.807, 2.05) is 6.92 Å². The molecule has 0 radical (unpaired) electrons. The molecular weight excluding hydrogens is 308 g/mol. The number of aliphatic hydroxyl groups is 2. The Morgan fingerprint density at radius 1 is 1.38 bits per heavy atom. The number of esters is 1. The lowest BCUT2D eigenvalue weighted by Gasteiger charge is -2.38. The van der Waals surface area contributed by atoms with Gasteiger partial charge in [0.1, 0.15) is 6.10 Å². The molecule has 0 aromatic carbocycles. The molecule has 5 nitrogen and oxygen atoms in total. The second kappa shape index (κ2) is 5.02. The van der Waals surface area contributed by atoms with Crippen molar-refractivity contribution in [1.82, 2.24) is 0 Å². The number of carbonyl (C=O) groups is 2. The van der Waals surface area contributed by atoms with Gasteiger partial charge in [-0.25, -0.2) is 0 Å². The van der Waals surface area contributed by atoms with Gasteiger partial charge in [0.25, 0.3) is 0 Å². The maximum absolute atomic E-state index is 12.8. The molecule has 4 rings (SSSR count). The molecule has 5 heteroatoms. The van der Waals surface area contributed by atoms with Crippen molar-refractivity contribution >= 4 is 11.8 Å². The van der Waals surface area contributed by atoms with Crippen molar-refractivity contribution in [3.63, 3.8) is 0 Å². The fraction of sp³-hybridized carbons (Fsp3) is 0.684. The number of carbonyl (C=O) groups excluding carboxylic acids is 2. The van der Waals surface area contributed by atoms with Crippen molar-refractivity contribution < 1.29 is 24.5 Å². The minimum absolute atomic E-state index is 0.127. The van der Waals surface area contributed by atoms with Gasteiger partial charge in [-0.2, -0.15) is 0 Å². The molecular formula is C19H24O5. The van der Waals surface area contributed by atoms with Crippen molar-refractivity contribution in [2.75, 3.05) is 0 Å². The quantitative estimate of drug-likeness (QED) is 0.560. The van der Waals surface area contributed by atoms with Gasteiger partial charge in [0.2, 0.25) is 0 Å². The molecule has 3 aliphatic carbocycles. The Balaban J connectivity index is 1.82. The van der Waals surface area contributed by atoms with Gasteiger partial charge in [0.05, 0.1) is 23.5 Å². The molecule has 24 heavy (non-hydrogen) atoms. The molecule has 8 unspecified atom stereocenters. The van der Waals surface area contributed by atoms with E-state index in [-0.39, 0.29) is 29.5 Å². The molecule has 0 amide bonds. The number of fused-ring (bicyclic) bond motifs is 2. The average molecular weight is 332 g/mol. The van der Waals surface area contributed by atoms with Gasteiger partial charge in [0, 0.05) is 12.3 Å². The smallest absolute Gasteiger partial charge is 0.310 e. The van der Waals surface area contributed by atoms with Gasteiger partial charge in [-0.05, 0) is 50.2 Å². The summed E-state index contributed by atoms with van der Waals surface area (Å²) in [6.07, 6.45) is 1.90. The lowest BCUT2D eigenvalue weighted by molar-refractivity contribution is -0.147. The number of allylic oxidation sites excluding steroid dienone is 2. The zero-order valence-electron chi connectivity index (χ0n) is 14.1. The fourth-order valence-electron chi connectivity index (χ4n) is 5.58. The summed E-state index contributed by atoms with van der Waals surface area (Å²) < 4.78 is 5.54. The molecule has 0 spiro atoms. The molecule has 2 saturated carbocycles. The molecule has 2 N–H and O–H groups in total. The highest BCUT2D eigenvalue weighted by Crippen LogP contribution is 2.57. The van der Waals surface area contributed by atoms with Crippen LogP contribution in [0.3, 0.4) is 0 Å². The predicted octanol–water partition coefficient (Wildman–Crippen LogP) is 1.39. The summed E-state index contributed by atoms with van der Waals surface area (Å²) in [5.74, 6) is -1.93. The van der Waals surface area contributed by atoms with Gasteiger partial charge in [0.15, 0.2) is 5.78 Å². The van der Waals surface area contributed by atoms with Crippen LogP contribution in [0.4, 0.5) is 0 Å². The average Bonchev–Trinajstić information content (AvgIpc) is 2.83. The van der Waals surface area contributed by atoms with Crippen LogP contribution in [0.15, 0.2) is 23.8 Å². The van der Waals surface area contributed by atoms with Crippen molar-refractivity contribution in [3.05, 3.63) is 23.8 Å². The number of aliphatic hydroxyl groups excluding tert-OH is 1. The molecule has 1 heterocycles. The zero-order chi connectivity index (χ0) is 17.4. The third-order valence-electron chi connectivity index (χ3n) is 6.66. The van der Waals surface area contributed by atoms with Gasteiger partial charge in [-0.1, -0.05) is 12.2 Å².